The van der Waals surface area contributed by atoms with Gasteiger partial charge in [-0.05, 0) is 37.3 Å². The molecule has 0 radical (unpaired) electrons. The molecule has 3 nitrogen and oxygen atoms in total. The molecular weight excluding hydrogens is 349 g/mol. The van der Waals surface area contributed by atoms with Crippen LogP contribution in [0.25, 0.3) is 22.3 Å². The Hall–Kier alpha value is -2.98. The summed E-state index contributed by atoms with van der Waals surface area (Å²) in [6.07, 6.45) is 0. The van der Waals surface area contributed by atoms with Crippen LogP contribution in [0, 0.1) is 12.7 Å². The van der Waals surface area contributed by atoms with Crippen LogP contribution in [-0.2, 0) is 0 Å². The first-order chi connectivity index (χ1) is 12.6. The summed E-state index contributed by atoms with van der Waals surface area (Å²) in [6, 6.07) is 19.8. The molecule has 0 spiro atoms. The van der Waals surface area contributed by atoms with Crippen molar-refractivity contribution < 1.29 is 4.39 Å². The SMILES string of the molecule is Cc1ccc(-c2nc(Nc3ccccc3F)c3ccc(Cl)cc3n2)cc1. The molecule has 4 rings (SSSR count). The Labute approximate surface area is 155 Å². The predicted molar refractivity (Wildman–Crippen MR) is 104 cm³/mol. The number of hydrogen-bond donors (Lipinski definition) is 1. The fraction of sp³-hybridized carbons (Fsp3) is 0.0476. The number of fused-ring (bicyclic) bond motifs is 1. The fourth-order valence-electron chi connectivity index (χ4n) is 2.72. The third-order valence-electron chi connectivity index (χ3n) is 4.10. The molecule has 0 aliphatic rings. The summed E-state index contributed by atoms with van der Waals surface area (Å²) in [5, 5.41) is 4.44. The number of nitrogens with one attached hydrogen (secondary N) is 1. The maximum absolute atomic E-state index is 14.1. The Balaban J connectivity index is 1.89. The van der Waals surface area contributed by atoms with Crippen LogP contribution in [0.3, 0.4) is 0 Å². The number of hydrogen-bond acceptors (Lipinski definition) is 3. The van der Waals surface area contributed by atoms with Crippen LogP contribution in [0.1, 0.15) is 5.56 Å². The molecule has 0 unspecified atom stereocenters. The highest BCUT2D eigenvalue weighted by atomic mass is 35.5. The molecule has 4 aromatic rings. The van der Waals surface area contributed by atoms with Crippen LogP contribution in [0.2, 0.25) is 5.02 Å². The lowest BCUT2D eigenvalue weighted by molar-refractivity contribution is 0.632. The van der Waals surface area contributed by atoms with Crippen molar-refractivity contribution in [2.75, 3.05) is 5.32 Å². The number of benzene rings is 3. The predicted octanol–water partition coefficient (Wildman–Crippen LogP) is 6.14. The fourth-order valence-corrected chi connectivity index (χ4v) is 2.89. The Kier molecular flexibility index (Phi) is 4.27. The average Bonchev–Trinajstić information content (AvgIpc) is 2.63. The Morgan fingerprint density at radius 1 is 0.923 bits per heavy atom. The number of rotatable bonds is 3. The zero-order chi connectivity index (χ0) is 18.1. The van der Waals surface area contributed by atoms with E-state index in [2.05, 4.69) is 15.3 Å². The first-order valence-corrected chi connectivity index (χ1v) is 8.54. The molecule has 0 aliphatic heterocycles. The minimum atomic E-state index is -0.342. The van der Waals surface area contributed by atoms with Gasteiger partial charge in [0.05, 0.1) is 11.2 Å². The largest absolute Gasteiger partial charge is 0.337 e. The molecule has 0 bridgehead atoms. The molecule has 0 fully saturated rings. The molecule has 0 aliphatic carbocycles. The first-order valence-electron chi connectivity index (χ1n) is 8.16. The maximum Gasteiger partial charge on any atom is 0.162 e. The number of anilines is 2. The zero-order valence-corrected chi connectivity index (χ0v) is 14.8. The third-order valence-corrected chi connectivity index (χ3v) is 4.33. The molecule has 0 saturated heterocycles. The molecule has 1 heterocycles. The van der Waals surface area contributed by atoms with E-state index in [0.717, 1.165) is 16.5 Å². The van der Waals surface area contributed by atoms with Crippen molar-refractivity contribution in [3.05, 3.63) is 83.1 Å². The highest BCUT2D eigenvalue weighted by Crippen LogP contribution is 2.29. The summed E-state index contributed by atoms with van der Waals surface area (Å²) in [5.41, 5.74) is 3.09. The molecule has 26 heavy (non-hydrogen) atoms. The maximum atomic E-state index is 14.1. The Bertz CT molecular complexity index is 1090. The molecule has 1 aromatic heterocycles. The lowest BCUT2D eigenvalue weighted by atomic mass is 10.1. The average molecular weight is 364 g/mol. The second-order valence-electron chi connectivity index (χ2n) is 6.03. The second-order valence-corrected chi connectivity index (χ2v) is 6.46. The van der Waals surface area contributed by atoms with E-state index in [-0.39, 0.29) is 5.82 Å². The lowest BCUT2D eigenvalue weighted by Gasteiger charge is -2.12. The van der Waals surface area contributed by atoms with Gasteiger partial charge < -0.3 is 5.32 Å². The van der Waals surface area contributed by atoms with E-state index in [1.165, 1.54) is 6.07 Å². The quantitative estimate of drug-likeness (QED) is 0.475. The van der Waals surface area contributed by atoms with Gasteiger partial charge in [-0.15, -0.1) is 0 Å². The van der Waals surface area contributed by atoms with Gasteiger partial charge in [-0.2, -0.15) is 0 Å². The number of para-hydroxylation sites is 1. The molecular formula is C21H15ClFN3. The highest BCUT2D eigenvalue weighted by molar-refractivity contribution is 6.31. The first kappa shape index (κ1) is 16.5. The van der Waals surface area contributed by atoms with E-state index < -0.39 is 0 Å². The van der Waals surface area contributed by atoms with Crippen LogP contribution in [0.4, 0.5) is 15.9 Å². The van der Waals surface area contributed by atoms with Gasteiger partial charge in [0.1, 0.15) is 11.6 Å². The lowest BCUT2D eigenvalue weighted by Crippen LogP contribution is -2.00. The number of aryl methyl sites for hydroxylation is 1. The number of nitrogens with zero attached hydrogens (tertiary/aromatic N) is 2. The monoisotopic (exact) mass is 363 g/mol. The van der Waals surface area contributed by atoms with Gasteiger partial charge in [0.25, 0.3) is 0 Å². The van der Waals surface area contributed by atoms with E-state index in [4.69, 9.17) is 11.6 Å². The van der Waals surface area contributed by atoms with Crippen LogP contribution >= 0.6 is 11.6 Å². The van der Waals surface area contributed by atoms with Crippen molar-refractivity contribution in [2.45, 2.75) is 6.92 Å². The molecule has 0 saturated carbocycles. The Morgan fingerprint density at radius 2 is 1.69 bits per heavy atom. The standard InChI is InChI=1S/C21H15ClFN3/c1-13-6-8-14(9-7-13)20-25-19-12-15(22)10-11-16(19)21(26-20)24-18-5-3-2-4-17(18)23/h2-12H,1H3,(H,24,25,26). The summed E-state index contributed by atoms with van der Waals surface area (Å²) in [7, 11) is 0. The summed E-state index contributed by atoms with van der Waals surface area (Å²) in [4.78, 5) is 9.27. The highest BCUT2D eigenvalue weighted by Gasteiger charge is 2.12. The van der Waals surface area contributed by atoms with Gasteiger partial charge in [-0.1, -0.05) is 53.6 Å². The zero-order valence-electron chi connectivity index (χ0n) is 14.0. The van der Waals surface area contributed by atoms with Crippen molar-refractivity contribution in [3.63, 3.8) is 0 Å². The van der Waals surface area contributed by atoms with Crippen LogP contribution in [0.15, 0.2) is 66.7 Å². The van der Waals surface area contributed by atoms with E-state index in [1.807, 2.05) is 37.3 Å². The Morgan fingerprint density at radius 3 is 2.46 bits per heavy atom. The summed E-state index contributed by atoms with van der Waals surface area (Å²) in [5.74, 6) is 0.746. The van der Waals surface area contributed by atoms with Crippen molar-refractivity contribution in [1.82, 2.24) is 9.97 Å². The van der Waals surface area contributed by atoms with E-state index in [0.29, 0.717) is 27.9 Å². The van der Waals surface area contributed by atoms with Gasteiger partial charge in [0.15, 0.2) is 5.82 Å². The molecule has 3 aromatic carbocycles. The summed E-state index contributed by atoms with van der Waals surface area (Å²) >= 11 is 6.13. The second kappa shape index (κ2) is 6.73. The normalized spacial score (nSPS) is 10.9. The van der Waals surface area contributed by atoms with Gasteiger partial charge in [0.2, 0.25) is 0 Å². The number of halogens is 2. The van der Waals surface area contributed by atoms with E-state index in [9.17, 15) is 4.39 Å². The molecule has 128 valence electrons. The third kappa shape index (κ3) is 3.24. The minimum Gasteiger partial charge on any atom is -0.337 e. The van der Waals surface area contributed by atoms with Crippen molar-refractivity contribution in [1.29, 1.82) is 0 Å². The smallest absolute Gasteiger partial charge is 0.162 e. The van der Waals surface area contributed by atoms with Gasteiger partial charge in [-0.25, -0.2) is 14.4 Å². The van der Waals surface area contributed by atoms with Gasteiger partial charge in [0, 0.05) is 16.0 Å². The van der Waals surface area contributed by atoms with Gasteiger partial charge in [-0.3, -0.25) is 0 Å². The molecule has 0 atom stereocenters. The van der Waals surface area contributed by atoms with Crippen molar-refractivity contribution in [3.8, 4) is 11.4 Å². The van der Waals surface area contributed by atoms with Crippen LogP contribution < -0.4 is 5.32 Å². The molecule has 0 amide bonds. The van der Waals surface area contributed by atoms with Gasteiger partial charge >= 0.3 is 0 Å². The number of aromatic nitrogens is 2. The van der Waals surface area contributed by atoms with Crippen molar-refractivity contribution in [2.24, 2.45) is 0 Å². The van der Waals surface area contributed by atoms with E-state index >= 15 is 0 Å². The van der Waals surface area contributed by atoms with Crippen LogP contribution in [-0.4, -0.2) is 9.97 Å². The van der Waals surface area contributed by atoms with E-state index in [1.54, 1.807) is 30.3 Å². The topological polar surface area (TPSA) is 37.8 Å². The molecule has 1 N–H and O–H groups in total. The summed E-state index contributed by atoms with van der Waals surface area (Å²) < 4.78 is 14.1. The van der Waals surface area contributed by atoms with Crippen molar-refractivity contribution >= 4 is 34.0 Å². The minimum absolute atomic E-state index is 0.342. The van der Waals surface area contributed by atoms with Crippen LogP contribution in [0.5, 0.6) is 0 Å². The summed E-state index contributed by atoms with van der Waals surface area (Å²) in [6.45, 7) is 2.02. The molecule has 5 heteroatoms.